The van der Waals surface area contributed by atoms with Crippen molar-refractivity contribution in [2.45, 2.75) is 47.5 Å². The zero-order valence-corrected chi connectivity index (χ0v) is 10.9. The molecule has 0 heterocycles. The highest BCUT2D eigenvalue weighted by molar-refractivity contribution is 5.91. The Morgan fingerprint density at radius 2 is 2.00 bits per heavy atom. The van der Waals surface area contributed by atoms with Gasteiger partial charge in [-0.15, -0.1) is 0 Å². The fourth-order valence-electron chi connectivity index (χ4n) is 1.87. The first-order valence-electron chi connectivity index (χ1n) is 5.60. The lowest BCUT2D eigenvalue weighted by molar-refractivity contribution is -0.140. The third-order valence-electron chi connectivity index (χ3n) is 2.17. The smallest absolute Gasteiger partial charge is 0.302 e. The van der Waals surface area contributed by atoms with Crippen LogP contribution in [0.25, 0.3) is 0 Å². The van der Waals surface area contributed by atoms with Crippen LogP contribution in [0, 0.1) is 5.41 Å². The summed E-state index contributed by atoms with van der Waals surface area (Å²) in [4.78, 5) is 20.8. The van der Waals surface area contributed by atoms with Gasteiger partial charge in [-0.1, -0.05) is 19.4 Å². The highest BCUT2D eigenvalue weighted by atomic mass is 16.5. The van der Waals surface area contributed by atoms with Crippen molar-refractivity contribution in [1.29, 1.82) is 0 Å². The minimum Gasteiger partial charge on any atom is -0.466 e. The van der Waals surface area contributed by atoms with Crippen molar-refractivity contribution in [2.24, 2.45) is 5.41 Å². The molecular weight excluding hydrogens is 204 g/mol. The summed E-state index contributed by atoms with van der Waals surface area (Å²) >= 11 is 0. The second-order valence-corrected chi connectivity index (χ2v) is 4.90. The number of esters is 1. The molecular formula is C13H22O3. The van der Waals surface area contributed by atoms with Crippen LogP contribution in [0.3, 0.4) is 0 Å². The van der Waals surface area contributed by atoms with E-state index in [1.54, 1.807) is 13.0 Å². The van der Waals surface area contributed by atoms with Gasteiger partial charge in [0, 0.05) is 13.3 Å². The van der Waals surface area contributed by atoms with E-state index in [4.69, 9.17) is 0 Å². The maximum absolute atomic E-state index is 11.0. The van der Waals surface area contributed by atoms with Gasteiger partial charge in [0.15, 0.2) is 5.78 Å². The number of carbonyl (C=O) groups excluding carboxylic acids is 2. The first kappa shape index (κ1) is 14.9. The van der Waals surface area contributed by atoms with Gasteiger partial charge in [0.25, 0.3) is 0 Å². The summed E-state index contributed by atoms with van der Waals surface area (Å²) in [6.45, 7) is 9.96. The topological polar surface area (TPSA) is 43.4 Å². The number of carbonyl (C=O) groups is 2. The molecule has 0 aromatic heterocycles. The predicted molar refractivity (Wildman–Crippen MR) is 64.1 cm³/mol. The molecule has 0 radical (unpaired) electrons. The van der Waals surface area contributed by atoms with Crippen LogP contribution in [-0.4, -0.2) is 18.4 Å². The molecule has 1 aliphatic carbocycles. The monoisotopic (exact) mass is 226 g/mol. The Morgan fingerprint density at radius 3 is 2.25 bits per heavy atom. The first-order chi connectivity index (χ1) is 7.26. The van der Waals surface area contributed by atoms with Crippen molar-refractivity contribution in [1.82, 2.24) is 0 Å². The molecule has 0 amide bonds. The van der Waals surface area contributed by atoms with Gasteiger partial charge in [0.05, 0.1) is 6.61 Å². The Bertz CT molecular complexity index is 288. The van der Waals surface area contributed by atoms with E-state index in [2.05, 4.69) is 18.6 Å². The van der Waals surface area contributed by atoms with Crippen LogP contribution in [0.15, 0.2) is 11.6 Å². The van der Waals surface area contributed by atoms with E-state index in [1.165, 1.54) is 12.5 Å². The zero-order chi connectivity index (χ0) is 12.8. The van der Waals surface area contributed by atoms with Crippen LogP contribution >= 0.6 is 0 Å². The molecule has 0 spiro atoms. The molecule has 92 valence electrons. The molecule has 0 aromatic carbocycles. The van der Waals surface area contributed by atoms with Crippen LogP contribution in [0.4, 0.5) is 0 Å². The molecule has 3 nitrogen and oxygen atoms in total. The number of hydrogen-bond donors (Lipinski definition) is 0. The summed E-state index contributed by atoms with van der Waals surface area (Å²) in [7, 11) is 0. The van der Waals surface area contributed by atoms with E-state index in [1.807, 2.05) is 6.92 Å². The molecule has 0 fully saturated rings. The highest BCUT2D eigenvalue weighted by Crippen LogP contribution is 2.32. The van der Waals surface area contributed by atoms with Gasteiger partial charge in [-0.05, 0) is 31.8 Å². The van der Waals surface area contributed by atoms with E-state index in [9.17, 15) is 9.59 Å². The molecule has 0 saturated heterocycles. The van der Waals surface area contributed by atoms with Crippen LogP contribution in [0.1, 0.15) is 47.5 Å². The predicted octanol–water partition coefficient (Wildman–Crippen LogP) is 2.89. The minimum absolute atomic E-state index is 0.204. The van der Waals surface area contributed by atoms with Crippen LogP contribution in [-0.2, 0) is 14.3 Å². The molecule has 0 unspecified atom stereocenters. The van der Waals surface area contributed by atoms with Gasteiger partial charge >= 0.3 is 5.97 Å². The van der Waals surface area contributed by atoms with E-state index in [0.717, 1.165) is 6.42 Å². The van der Waals surface area contributed by atoms with E-state index in [0.29, 0.717) is 13.0 Å². The van der Waals surface area contributed by atoms with Gasteiger partial charge in [-0.2, -0.15) is 0 Å². The molecule has 0 atom stereocenters. The number of ether oxygens (including phenoxy) is 1. The maximum Gasteiger partial charge on any atom is 0.302 e. The quantitative estimate of drug-likeness (QED) is 0.646. The Balaban J connectivity index is 0.000000325. The van der Waals surface area contributed by atoms with E-state index in [-0.39, 0.29) is 17.2 Å². The van der Waals surface area contributed by atoms with Gasteiger partial charge < -0.3 is 4.74 Å². The van der Waals surface area contributed by atoms with Gasteiger partial charge in [0.2, 0.25) is 0 Å². The fraction of sp³-hybridized carbons (Fsp3) is 0.692. The summed E-state index contributed by atoms with van der Waals surface area (Å²) in [5, 5.41) is 0. The maximum atomic E-state index is 11.0. The molecule has 1 aliphatic rings. The summed E-state index contributed by atoms with van der Waals surface area (Å²) in [5.41, 5.74) is 1.43. The number of ketones is 1. The Morgan fingerprint density at radius 1 is 1.44 bits per heavy atom. The molecule has 3 heteroatoms. The lowest BCUT2D eigenvalue weighted by Crippen LogP contribution is -2.20. The van der Waals surface area contributed by atoms with E-state index >= 15 is 0 Å². The Kier molecular flexibility index (Phi) is 6.01. The molecule has 1 rings (SSSR count). The largest absolute Gasteiger partial charge is 0.466 e. The molecule has 0 aromatic rings. The van der Waals surface area contributed by atoms with Gasteiger partial charge in [-0.3, -0.25) is 9.59 Å². The number of hydrogen-bond acceptors (Lipinski definition) is 3. The third kappa shape index (κ3) is 7.21. The van der Waals surface area contributed by atoms with Crippen molar-refractivity contribution in [3.63, 3.8) is 0 Å². The first-order valence-corrected chi connectivity index (χ1v) is 5.60. The zero-order valence-electron chi connectivity index (χ0n) is 10.9. The Labute approximate surface area is 97.9 Å². The summed E-state index contributed by atoms with van der Waals surface area (Å²) in [6.07, 6.45) is 3.55. The Hall–Kier alpha value is -1.12. The van der Waals surface area contributed by atoms with E-state index < -0.39 is 0 Å². The van der Waals surface area contributed by atoms with Crippen molar-refractivity contribution in [3.8, 4) is 0 Å². The molecule has 16 heavy (non-hydrogen) atoms. The number of allylic oxidation sites excluding steroid dienone is 2. The van der Waals surface area contributed by atoms with Crippen molar-refractivity contribution < 1.29 is 14.3 Å². The molecule has 0 aliphatic heterocycles. The van der Waals surface area contributed by atoms with Gasteiger partial charge in [0.1, 0.15) is 0 Å². The standard InChI is InChI=1S/C9H14O.C4H8O2/c1-7-4-8(10)6-9(2,3)5-7;1-3-6-4(2)5/h4H,5-6H2,1-3H3;3H2,1-2H3. The highest BCUT2D eigenvalue weighted by Gasteiger charge is 2.25. The molecule has 0 bridgehead atoms. The normalized spacial score (nSPS) is 18.1. The molecule has 0 saturated carbocycles. The number of rotatable bonds is 1. The minimum atomic E-state index is -0.211. The molecule has 0 N–H and O–H groups in total. The van der Waals surface area contributed by atoms with Crippen LogP contribution in [0.5, 0.6) is 0 Å². The van der Waals surface area contributed by atoms with Crippen LogP contribution < -0.4 is 0 Å². The second-order valence-electron chi connectivity index (χ2n) is 4.90. The summed E-state index contributed by atoms with van der Waals surface area (Å²) < 4.78 is 4.40. The van der Waals surface area contributed by atoms with Crippen LogP contribution in [0.2, 0.25) is 0 Å². The lowest BCUT2D eigenvalue weighted by Gasteiger charge is -2.27. The fourth-order valence-corrected chi connectivity index (χ4v) is 1.87. The summed E-state index contributed by atoms with van der Waals surface area (Å²) in [5.74, 6) is 0.0752. The van der Waals surface area contributed by atoms with Crippen molar-refractivity contribution in [2.75, 3.05) is 6.61 Å². The average molecular weight is 226 g/mol. The third-order valence-corrected chi connectivity index (χ3v) is 2.17. The average Bonchev–Trinajstić information content (AvgIpc) is 1.98. The second kappa shape index (κ2) is 6.46. The SMILES string of the molecule is CC1=CC(=O)CC(C)(C)C1.CCOC(C)=O. The van der Waals surface area contributed by atoms with Crippen molar-refractivity contribution >= 4 is 11.8 Å². The summed E-state index contributed by atoms with van der Waals surface area (Å²) in [6, 6.07) is 0. The van der Waals surface area contributed by atoms with Gasteiger partial charge in [-0.25, -0.2) is 0 Å². The van der Waals surface area contributed by atoms with Crippen molar-refractivity contribution in [3.05, 3.63) is 11.6 Å². The lowest BCUT2D eigenvalue weighted by atomic mass is 9.77.